The smallest absolute Gasteiger partial charge is 0.243 e. The second-order valence-corrected chi connectivity index (χ2v) is 15.8. The zero-order valence-corrected chi connectivity index (χ0v) is 35.4. The Bertz CT molecular complexity index is 1410. The lowest BCUT2D eigenvalue weighted by molar-refractivity contribution is -0.139. The maximum atomic E-state index is 13.6. The van der Waals surface area contributed by atoms with E-state index in [9.17, 15) is 38.4 Å². The fourth-order valence-electron chi connectivity index (χ4n) is 6.22. The predicted octanol–water partition coefficient (Wildman–Crippen LogP) is -2.17. The van der Waals surface area contributed by atoms with Crippen molar-refractivity contribution in [2.45, 2.75) is 136 Å². The number of nitrogens with one attached hydrogen (secondary N) is 9. The number of carbonyl (C=O) groups excluding carboxylic acids is 8. The van der Waals surface area contributed by atoms with Crippen molar-refractivity contribution in [1.82, 2.24) is 47.4 Å². The molecule has 1 fully saturated rings. The van der Waals surface area contributed by atoms with Crippen LogP contribution in [0.25, 0.3) is 0 Å². The van der Waals surface area contributed by atoms with Gasteiger partial charge in [-0.1, -0.05) is 41.5 Å². The van der Waals surface area contributed by atoms with Crippen molar-refractivity contribution in [2.24, 2.45) is 23.3 Å². The molecule has 1 aliphatic rings. The highest BCUT2D eigenvalue weighted by Gasteiger charge is 2.36. The fourth-order valence-corrected chi connectivity index (χ4v) is 6.22. The fraction of sp³-hybridized carbons (Fsp3) is 0.763. The minimum absolute atomic E-state index is 0.00264. The SMILES string of the molecule is CC(=O)[C@H](CCCCN)NC(=O)CNC(=O)[C@H](CCCNC(=N)N)NC(=O)[C@@H](NC(=O)CNC(=O)[C@H](CC(C)C)NC(=O)[C@@H]1CCCN1C(=O)CNC(C)C)C(C)C. The molecule has 0 spiro atoms. The molecule has 13 N–H and O–H groups in total. The Balaban J connectivity index is 2.94. The van der Waals surface area contributed by atoms with Gasteiger partial charge in [0.1, 0.15) is 24.2 Å². The summed E-state index contributed by atoms with van der Waals surface area (Å²) in [6, 6.07) is -4.64. The van der Waals surface area contributed by atoms with E-state index in [1.54, 1.807) is 13.8 Å². The van der Waals surface area contributed by atoms with Gasteiger partial charge < -0.3 is 58.9 Å². The molecule has 0 saturated carbocycles. The molecule has 0 aromatic carbocycles. The maximum absolute atomic E-state index is 13.6. The first-order valence-corrected chi connectivity index (χ1v) is 20.3. The maximum Gasteiger partial charge on any atom is 0.243 e. The molecule has 7 amide bonds. The van der Waals surface area contributed by atoms with E-state index in [1.807, 2.05) is 27.7 Å². The van der Waals surface area contributed by atoms with Crippen LogP contribution in [0.2, 0.25) is 0 Å². The average Bonchev–Trinajstić information content (AvgIpc) is 3.64. The molecule has 1 saturated heterocycles. The van der Waals surface area contributed by atoms with Crippen molar-refractivity contribution in [3.63, 3.8) is 0 Å². The number of hydrogen-bond donors (Lipinski definition) is 11. The number of Topliss-reactive ketones (excluding diaryl/α,β-unsaturated/α-hetero) is 1. The van der Waals surface area contributed by atoms with Crippen molar-refractivity contribution in [2.75, 3.05) is 39.3 Å². The van der Waals surface area contributed by atoms with E-state index in [4.69, 9.17) is 16.9 Å². The number of rotatable bonds is 27. The van der Waals surface area contributed by atoms with Crippen molar-refractivity contribution >= 4 is 53.1 Å². The number of guanidine groups is 1. The molecule has 1 aliphatic heterocycles. The van der Waals surface area contributed by atoms with E-state index in [0.29, 0.717) is 51.6 Å². The van der Waals surface area contributed by atoms with E-state index in [2.05, 4.69) is 42.5 Å². The van der Waals surface area contributed by atoms with Gasteiger partial charge in [0.05, 0.1) is 25.7 Å². The van der Waals surface area contributed by atoms with Crippen LogP contribution >= 0.6 is 0 Å². The molecule has 5 atom stereocenters. The summed E-state index contributed by atoms with van der Waals surface area (Å²) in [6.07, 6.45) is 3.46. The number of nitrogens with zero attached hydrogens (tertiary/aromatic N) is 1. The number of amides is 7. The minimum Gasteiger partial charge on any atom is -0.370 e. The monoisotopic (exact) mass is 823 g/mol. The lowest BCUT2D eigenvalue weighted by Crippen LogP contribution is -2.58. The first kappa shape index (κ1) is 51.2. The molecule has 0 aromatic rings. The van der Waals surface area contributed by atoms with Crippen LogP contribution in [0.4, 0.5) is 0 Å². The molecule has 0 unspecified atom stereocenters. The highest BCUT2D eigenvalue weighted by molar-refractivity contribution is 5.96. The summed E-state index contributed by atoms with van der Waals surface area (Å²) in [5.41, 5.74) is 10.9. The number of likely N-dealkylation sites (tertiary alicyclic amines) is 1. The van der Waals surface area contributed by atoms with E-state index in [0.717, 1.165) is 0 Å². The summed E-state index contributed by atoms with van der Waals surface area (Å²) in [5.74, 6) is -4.92. The normalized spacial score (nSPS) is 15.8. The second-order valence-electron chi connectivity index (χ2n) is 15.8. The van der Waals surface area contributed by atoms with Crippen LogP contribution in [0, 0.1) is 17.2 Å². The lowest BCUT2D eigenvalue weighted by atomic mass is 10.0. The molecule has 0 bridgehead atoms. The first-order valence-electron chi connectivity index (χ1n) is 20.3. The topological polar surface area (TPSA) is 312 Å². The third kappa shape index (κ3) is 20.0. The summed E-state index contributed by atoms with van der Waals surface area (Å²) in [5, 5.41) is 28.7. The highest BCUT2D eigenvalue weighted by atomic mass is 16.2. The van der Waals surface area contributed by atoms with E-state index < -0.39 is 84.7 Å². The van der Waals surface area contributed by atoms with E-state index >= 15 is 0 Å². The van der Waals surface area contributed by atoms with Crippen LogP contribution < -0.4 is 54.0 Å². The Morgan fingerprint density at radius 2 is 1.33 bits per heavy atom. The van der Waals surface area contributed by atoms with Crippen LogP contribution in [0.3, 0.4) is 0 Å². The summed E-state index contributed by atoms with van der Waals surface area (Å²) in [7, 11) is 0. The Morgan fingerprint density at radius 3 is 1.88 bits per heavy atom. The Morgan fingerprint density at radius 1 is 0.724 bits per heavy atom. The Labute approximate surface area is 342 Å². The number of carbonyl (C=O) groups is 8. The summed E-state index contributed by atoms with van der Waals surface area (Å²) in [4.78, 5) is 106. The highest BCUT2D eigenvalue weighted by Crippen LogP contribution is 2.18. The van der Waals surface area contributed by atoms with Gasteiger partial charge >= 0.3 is 0 Å². The first-order chi connectivity index (χ1) is 27.3. The zero-order valence-electron chi connectivity index (χ0n) is 35.4. The molecular weight excluding hydrogens is 752 g/mol. The van der Waals surface area contributed by atoms with Gasteiger partial charge in [-0.3, -0.25) is 43.8 Å². The van der Waals surface area contributed by atoms with E-state index in [-0.39, 0.29) is 55.5 Å². The number of nitrogens with two attached hydrogens (primary N) is 2. The molecule has 20 heteroatoms. The molecule has 58 heavy (non-hydrogen) atoms. The van der Waals surface area contributed by atoms with Crippen LogP contribution in [-0.2, 0) is 38.4 Å². The number of unbranched alkanes of at least 4 members (excludes halogenated alkanes) is 1. The van der Waals surface area contributed by atoms with Gasteiger partial charge in [0.15, 0.2) is 11.7 Å². The van der Waals surface area contributed by atoms with Gasteiger partial charge in [0.25, 0.3) is 0 Å². The lowest BCUT2D eigenvalue weighted by Gasteiger charge is -2.27. The molecular formula is C38H70N12O8. The summed E-state index contributed by atoms with van der Waals surface area (Å²) in [6.45, 7) is 12.5. The van der Waals surface area contributed by atoms with E-state index in [1.165, 1.54) is 11.8 Å². The van der Waals surface area contributed by atoms with Crippen LogP contribution in [-0.4, -0.2) is 134 Å². The van der Waals surface area contributed by atoms with Gasteiger partial charge in [0.2, 0.25) is 41.4 Å². The third-order valence-electron chi connectivity index (χ3n) is 9.38. The molecule has 1 rings (SSSR count). The zero-order chi connectivity index (χ0) is 43.9. The Kier molecular flexibility index (Phi) is 23.8. The molecule has 330 valence electrons. The Hall–Kier alpha value is -4.85. The summed E-state index contributed by atoms with van der Waals surface area (Å²) < 4.78 is 0. The quantitative estimate of drug-likeness (QED) is 0.0240. The van der Waals surface area contributed by atoms with Gasteiger partial charge in [-0.05, 0) is 76.7 Å². The van der Waals surface area contributed by atoms with Crippen molar-refractivity contribution in [3.8, 4) is 0 Å². The molecule has 0 aromatic heterocycles. The minimum atomic E-state index is -1.15. The van der Waals surface area contributed by atoms with Gasteiger partial charge in [-0.15, -0.1) is 0 Å². The van der Waals surface area contributed by atoms with Crippen molar-refractivity contribution in [3.05, 3.63) is 0 Å². The average molecular weight is 823 g/mol. The largest absolute Gasteiger partial charge is 0.370 e. The van der Waals surface area contributed by atoms with Crippen molar-refractivity contribution in [1.29, 1.82) is 5.41 Å². The standard InChI is InChI=1S/C38H70N12O8/c1-22(2)18-28(48-36(57)29-14-11-17-50(29)32(54)21-43-24(5)6)35(56)45-20-31(53)49-33(23(3)4)37(58)47-27(13-10-16-42-38(40)41)34(55)44-19-30(52)46-26(25(7)51)12-8-9-15-39/h22-24,26-29,33,43H,8-21,39H2,1-7H3,(H,44,55)(H,45,56)(H,46,52)(H,47,58)(H,48,57)(H,49,53)(H4,40,41,42)/t26-,27-,28-,29-,33-/m0/s1. The van der Waals surface area contributed by atoms with Crippen molar-refractivity contribution < 1.29 is 38.4 Å². The molecule has 0 aliphatic carbocycles. The molecule has 1 heterocycles. The van der Waals surface area contributed by atoms with Gasteiger partial charge in [-0.2, -0.15) is 0 Å². The third-order valence-corrected chi connectivity index (χ3v) is 9.38. The van der Waals surface area contributed by atoms with Crippen LogP contribution in [0.15, 0.2) is 0 Å². The summed E-state index contributed by atoms with van der Waals surface area (Å²) >= 11 is 0. The van der Waals surface area contributed by atoms with Gasteiger partial charge in [-0.25, -0.2) is 0 Å². The molecule has 20 nitrogen and oxygen atoms in total. The van der Waals surface area contributed by atoms with Crippen LogP contribution in [0.5, 0.6) is 0 Å². The van der Waals surface area contributed by atoms with Crippen LogP contribution in [0.1, 0.15) is 99.8 Å². The predicted molar refractivity (Wildman–Crippen MR) is 219 cm³/mol. The number of hydrogen-bond acceptors (Lipinski definition) is 11. The molecule has 0 radical (unpaired) electrons. The second kappa shape index (κ2) is 27.0. The number of ketones is 1. The van der Waals surface area contributed by atoms with Gasteiger partial charge in [0, 0.05) is 19.1 Å².